The molecule has 1 atom stereocenters. The van der Waals surface area contributed by atoms with Gasteiger partial charge in [-0.3, -0.25) is 4.79 Å². The molecule has 1 aliphatic carbocycles. The molecule has 5 heteroatoms. The molecule has 0 radical (unpaired) electrons. The van der Waals surface area contributed by atoms with Gasteiger partial charge in [0, 0.05) is 11.3 Å². The number of hydrogen-bond acceptors (Lipinski definition) is 4. The molecule has 0 spiro atoms. The number of rotatable bonds is 4. The van der Waals surface area contributed by atoms with E-state index in [0.29, 0.717) is 5.92 Å². The number of thiazole rings is 1. The van der Waals surface area contributed by atoms with Crippen molar-refractivity contribution in [2.24, 2.45) is 5.73 Å². The van der Waals surface area contributed by atoms with E-state index in [1.165, 1.54) is 12.8 Å². The summed E-state index contributed by atoms with van der Waals surface area (Å²) < 4.78 is 0. The zero-order chi connectivity index (χ0) is 10.1. The molecule has 2 rings (SSSR count). The number of hydrogen-bond donors (Lipinski definition) is 2. The van der Waals surface area contributed by atoms with Crippen molar-refractivity contribution in [1.82, 2.24) is 4.98 Å². The van der Waals surface area contributed by atoms with Crippen LogP contribution in [0.2, 0.25) is 0 Å². The predicted molar refractivity (Wildman–Crippen MR) is 53.3 cm³/mol. The highest BCUT2D eigenvalue weighted by molar-refractivity contribution is 7.09. The van der Waals surface area contributed by atoms with Gasteiger partial charge in [-0.1, -0.05) is 0 Å². The van der Waals surface area contributed by atoms with Crippen molar-refractivity contribution in [2.45, 2.75) is 31.2 Å². The van der Waals surface area contributed by atoms with Crippen molar-refractivity contribution in [1.29, 1.82) is 0 Å². The fourth-order valence-corrected chi connectivity index (χ4v) is 2.34. The number of carboxylic acid groups (broad SMARTS) is 1. The van der Waals surface area contributed by atoms with Crippen LogP contribution in [-0.2, 0) is 4.79 Å². The molecular weight excluding hydrogens is 200 g/mol. The van der Waals surface area contributed by atoms with Crippen LogP contribution in [0.15, 0.2) is 5.38 Å². The van der Waals surface area contributed by atoms with Gasteiger partial charge in [-0.05, 0) is 12.8 Å². The Morgan fingerprint density at radius 1 is 1.79 bits per heavy atom. The normalized spacial score (nSPS) is 18.1. The lowest BCUT2D eigenvalue weighted by molar-refractivity contribution is -0.137. The number of nitrogens with two attached hydrogens (primary N) is 1. The molecule has 1 aromatic heterocycles. The zero-order valence-electron chi connectivity index (χ0n) is 7.64. The average Bonchev–Trinajstić information content (AvgIpc) is 2.82. The second-order valence-electron chi connectivity index (χ2n) is 3.59. The molecule has 1 aliphatic rings. The van der Waals surface area contributed by atoms with E-state index in [-0.39, 0.29) is 6.42 Å². The Labute approximate surface area is 85.8 Å². The Balaban J connectivity index is 2.03. The zero-order valence-corrected chi connectivity index (χ0v) is 8.46. The molecule has 0 bridgehead atoms. The summed E-state index contributed by atoms with van der Waals surface area (Å²) in [4.78, 5) is 14.8. The van der Waals surface area contributed by atoms with E-state index in [4.69, 9.17) is 10.8 Å². The molecule has 0 aromatic carbocycles. The smallest absolute Gasteiger partial charge is 0.305 e. The first kappa shape index (κ1) is 9.61. The van der Waals surface area contributed by atoms with Gasteiger partial charge in [-0.2, -0.15) is 0 Å². The maximum atomic E-state index is 10.4. The fourth-order valence-electron chi connectivity index (χ4n) is 1.28. The molecule has 14 heavy (non-hydrogen) atoms. The summed E-state index contributed by atoms with van der Waals surface area (Å²) in [5.74, 6) is -0.260. The summed E-state index contributed by atoms with van der Waals surface area (Å²) in [5.41, 5.74) is 6.41. The van der Waals surface area contributed by atoms with E-state index < -0.39 is 12.0 Å². The third kappa shape index (κ3) is 2.10. The highest BCUT2D eigenvalue weighted by atomic mass is 32.1. The van der Waals surface area contributed by atoms with Crippen LogP contribution >= 0.6 is 11.3 Å². The number of aliphatic carboxylic acids is 1. The average molecular weight is 212 g/mol. The predicted octanol–water partition coefficient (Wildman–Crippen LogP) is 1.50. The first-order valence-corrected chi connectivity index (χ1v) is 5.47. The van der Waals surface area contributed by atoms with Gasteiger partial charge in [0.15, 0.2) is 0 Å². The van der Waals surface area contributed by atoms with Crippen LogP contribution in [0.3, 0.4) is 0 Å². The minimum atomic E-state index is -0.876. The molecule has 1 aromatic rings. The van der Waals surface area contributed by atoms with E-state index in [9.17, 15) is 4.79 Å². The second-order valence-corrected chi connectivity index (χ2v) is 4.48. The Hall–Kier alpha value is -0.940. The van der Waals surface area contributed by atoms with Gasteiger partial charge in [0.05, 0.1) is 23.2 Å². The molecule has 1 heterocycles. The van der Waals surface area contributed by atoms with Gasteiger partial charge in [0.25, 0.3) is 0 Å². The van der Waals surface area contributed by atoms with Gasteiger partial charge in [0.2, 0.25) is 0 Å². The summed E-state index contributed by atoms with van der Waals surface area (Å²) >= 11 is 1.59. The van der Waals surface area contributed by atoms with Crippen LogP contribution in [0.4, 0.5) is 0 Å². The highest BCUT2D eigenvalue weighted by Crippen LogP contribution is 2.41. The molecule has 1 unspecified atom stereocenters. The van der Waals surface area contributed by atoms with E-state index >= 15 is 0 Å². The minimum Gasteiger partial charge on any atom is -0.481 e. The Morgan fingerprint density at radius 3 is 3.07 bits per heavy atom. The van der Waals surface area contributed by atoms with Crippen molar-refractivity contribution in [3.63, 3.8) is 0 Å². The summed E-state index contributed by atoms with van der Waals surface area (Å²) in [5, 5.41) is 11.6. The van der Waals surface area contributed by atoms with Crippen LogP contribution in [0.25, 0.3) is 0 Å². The fraction of sp³-hybridized carbons (Fsp3) is 0.556. The summed E-state index contributed by atoms with van der Waals surface area (Å²) in [6, 6.07) is -0.462. The first-order chi connectivity index (χ1) is 6.66. The van der Waals surface area contributed by atoms with Crippen LogP contribution in [-0.4, -0.2) is 16.1 Å². The lowest BCUT2D eigenvalue weighted by Crippen LogP contribution is -2.15. The largest absolute Gasteiger partial charge is 0.481 e. The number of carboxylic acids is 1. The van der Waals surface area contributed by atoms with Crippen molar-refractivity contribution in [3.8, 4) is 0 Å². The maximum absolute atomic E-state index is 10.4. The van der Waals surface area contributed by atoms with Crippen molar-refractivity contribution in [2.75, 3.05) is 0 Å². The Bertz CT molecular complexity index is 346. The van der Waals surface area contributed by atoms with E-state index in [1.54, 1.807) is 11.3 Å². The van der Waals surface area contributed by atoms with Crippen LogP contribution in [0.5, 0.6) is 0 Å². The second kappa shape index (κ2) is 3.67. The summed E-state index contributed by atoms with van der Waals surface area (Å²) in [7, 11) is 0. The van der Waals surface area contributed by atoms with Crippen molar-refractivity contribution < 1.29 is 9.90 Å². The molecule has 76 valence electrons. The first-order valence-electron chi connectivity index (χ1n) is 4.59. The van der Waals surface area contributed by atoms with Crippen molar-refractivity contribution in [3.05, 3.63) is 16.1 Å². The molecule has 0 saturated heterocycles. The third-order valence-electron chi connectivity index (χ3n) is 2.24. The van der Waals surface area contributed by atoms with E-state index in [1.807, 2.05) is 5.38 Å². The molecule has 4 nitrogen and oxygen atoms in total. The Kier molecular flexibility index (Phi) is 2.52. The summed E-state index contributed by atoms with van der Waals surface area (Å²) in [6.45, 7) is 0. The molecule has 3 N–H and O–H groups in total. The lowest BCUT2D eigenvalue weighted by Gasteiger charge is -2.03. The minimum absolute atomic E-state index is 0.0478. The quantitative estimate of drug-likeness (QED) is 0.792. The molecule has 0 aliphatic heterocycles. The molecular formula is C9H12N2O2S. The van der Waals surface area contributed by atoms with E-state index in [0.717, 1.165) is 10.7 Å². The molecule has 0 amide bonds. The summed E-state index contributed by atoms with van der Waals surface area (Å²) in [6.07, 6.45) is 2.37. The van der Waals surface area contributed by atoms with Crippen molar-refractivity contribution >= 4 is 17.3 Å². The molecule has 1 saturated carbocycles. The SMILES string of the molecule is NC(CC(=O)O)c1csc(C2CC2)n1. The van der Waals surface area contributed by atoms with Gasteiger partial charge in [0.1, 0.15) is 0 Å². The van der Waals surface area contributed by atoms with Crippen LogP contribution in [0.1, 0.15) is 41.9 Å². The maximum Gasteiger partial charge on any atom is 0.305 e. The highest BCUT2D eigenvalue weighted by Gasteiger charge is 2.27. The standard InChI is InChI=1S/C9H12N2O2S/c10-6(3-8(12)13)7-4-14-9(11-7)5-1-2-5/h4-6H,1-3,10H2,(H,12,13). The van der Waals surface area contributed by atoms with Gasteiger partial charge in [-0.25, -0.2) is 4.98 Å². The Morgan fingerprint density at radius 2 is 2.50 bits per heavy atom. The van der Waals surface area contributed by atoms with Gasteiger partial charge < -0.3 is 10.8 Å². The number of carbonyl (C=O) groups is 1. The van der Waals surface area contributed by atoms with Crippen LogP contribution < -0.4 is 5.73 Å². The van der Waals surface area contributed by atoms with Crippen LogP contribution in [0, 0.1) is 0 Å². The topological polar surface area (TPSA) is 76.2 Å². The third-order valence-corrected chi connectivity index (χ3v) is 3.27. The number of aromatic nitrogens is 1. The van der Waals surface area contributed by atoms with Gasteiger partial charge in [-0.15, -0.1) is 11.3 Å². The lowest BCUT2D eigenvalue weighted by atomic mass is 10.2. The van der Waals surface area contributed by atoms with E-state index in [2.05, 4.69) is 4.98 Å². The number of nitrogens with zero attached hydrogens (tertiary/aromatic N) is 1. The van der Waals surface area contributed by atoms with Gasteiger partial charge >= 0.3 is 5.97 Å². The monoisotopic (exact) mass is 212 g/mol. The molecule has 1 fully saturated rings.